The number of nitrogens with zero attached hydrogens (tertiary/aromatic N) is 1. The van der Waals surface area contributed by atoms with Gasteiger partial charge >= 0.3 is 0 Å². The Bertz CT molecular complexity index is 613. The van der Waals surface area contributed by atoms with Gasteiger partial charge in [0.1, 0.15) is 6.07 Å². The fraction of sp³-hybridized carbons (Fsp3) is 0.182. The molecule has 2 aromatic rings. The van der Waals surface area contributed by atoms with Gasteiger partial charge in [-0.1, -0.05) is 30.1 Å². The van der Waals surface area contributed by atoms with Gasteiger partial charge in [0.15, 0.2) is 5.58 Å². The van der Waals surface area contributed by atoms with Crippen LogP contribution >= 0.6 is 39.1 Å². The molecule has 0 radical (unpaired) electrons. The van der Waals surface area contributed by atoms with E-state index in [1.165, 1.54) is 0 Å². The molecule has 0 saturated heterocycles. The summed E-state index contributed by atoms with van der Waals surface area (Å²) < 4.78 is 6.11. The van der Waals surface area contributed by atoms with Crippen molar-refractivity contribution in [2.75, 3.05) is 0 Å². The summed E-state index contributed by atoms with van der Waals surface area (Å²) in [5, 5.41) is 10.7. The molecule has 0 fully saturated rings. The first-order valence-corrected chi connectivity index (χ1v) is 6.14. The standard InChI is InChI=1S/C11H6BrCl2NO/c1-2-5-8(4-15)16-11-7(13)3-6(12)10(14)9(5)11/h3H,2H2,1H3. The molecular weight excluding hydrogens is 313 g/mol. The van der Waals surface area contributed by atoms with E-state index < -0.39 is 0 Å². The van der Waals surface area contributed by atoms with Crippen LogP contribution < -0.4 is 0 Å². The Balaban J connectivity index is 3.00. The van der Waals surface area contributed by atoms with Gasteiger partial charge in [-0.2, -0.15) is 5.26 Å². The lowest BCUT2D eigenvalue weighted by atomic mass is 10.1. The van der Waals surface area contributed by atoms with Crippen molar-refractivity contribution in [2.45, 2.75) is 13.3 Å². The first kappa shape index (κ1) is 11.8. The Labute approximate surface area is 111 Å². The molecule has 1 aromatic heterocycles. The minimum absolute atomic E-state index is 0.277. The predicted octanol–water partition coefficient (Wildman–Crippen LogP) is 4.94. The molecule has 1 aromatic carbocycles. The van der Waals surface area contributed by atoms with Crippen molar-refractivity contribution in [3.63, 3.8) is 0 Å². The molecular formula is C11H6BrCl2NO. The zero-order chi connectivity index (χ0) is 11.9. The van der Waals surface area contributed by atoms with Crippen molar-refractivity contribution < 1.29 is 4.42 Å². The predicted molar refractivity (Wildman–Crippen MR) is 68.0 cm³/mol. The van der Waals surface area contributed by atoms with E-state index in [-0.39, 0.29) is 5.76 Å². The smallest absolute Gasteiger partial charge is 0.208 e. The van der Waals surface area contributed by atoms with E-state index in [0.717, 1.165) is 10.9 Å². The van der Waals surface area contributed by atoms with Crippen LogP contribution in [0.1, 0.15) is 18.2 Å². The molecule has 0 unspecified atom stereocenters. The number of halogens is 3. The average Bonchev–Trinajstić information content (AvgIpc) is 2.64. The Morgan fingerprint density at radius 2 is 2.19 bits per heavy atom. The van der Waals surface area contributed by atoms with Gasteiger partial charge in [0.05, 0.1) is 10.0 Å². The van der Waals surface area contributed by atoms with Gasteiger partial charge in [-0.15, -0.1) is 0 Å². The highest BCUT2D eigenvalue weighted by Crippen LogP contribution is 2.40. The fourth-order valence-electron chi connectivity index (χ4n) is 1.65. The molecule has 0 atom stereocenters. The van der Waals surface area contributed by atoms with E-state index in [2.05, 4.69) is 15.9 Å². The quantitative estimate of drug-likeness (QED) is 0.698. The molecule has 82 valence electrons. The van der Waals surface area contributed by atoms with E-state index >= 15 is 0 Å². The van der Waals surface area contributed by atoms with Gasteiger partial charge in [0, 0.05) is 15.4 Å². The number of nitriles is 1. The highest BCUT2D eigenvalue weighted by atomic mass is 79.9. The van der Waals surface area contributed by atoms with Crippen molar-refractivity contribution in [3.05, 3.63) is 31.9 Å². The summed E-state index contributed by atoms with van der Waals surface area (Å²) in [5.74, 6) is 0.277. The van der Waals surface area contributed by atoms with Crippen LogP contribution in [0.25, 0.3) is 11.0 Å². The van der Waals surface area contributed by atoms with Gasteiger partial charge in [-0.3, -0.25) is 0 Å². The van der Waals surface area contributed by atoms with Gasteiger partial charge in [-0.05, 0) is 28.4 Å². The third-order valence-electron chi connectivity index (χ3n) is 2.36. The first-order chi connectivity index (χ1) is 7.60. The summed E-state index contributed by atoms with van der Waals surface area (Å²) in [6.45, 7) is 1.94. The Morgan fingerprint density at radius 1 is 1.50 bits per heavy atom. The Morgan fingerprint density at radius 3 is 2.75 bits per heavy atom. The maximum atomic E-state index is 8.96. The molecule has 1 heterocycles. The molecule has 0 spiro atoms. The van der Waals surface area contributed by atoms with Gasteiger partial charge < -0.3 is 4.42 Å². The molecule has 16 heavy (non-hydrogen) atoms. The van der Waals surface area contributed by atoms with Crippen LogP contribution in [0.15, 0.2) is 15.0 Å². The molecule has 0 amide bonds. The number of furan rings is 1. The second kappa shape index (κ2) is 4.29. The topological polar surface area (TPSA) is 36.9 Å². The van der Waals surface area contributed by atoms with E-state index in [4.69, 9.17) is 32.9 Å². The average molecular weight is 319 g/mol. The number of hydrogen-bond donors (Lipinski definition) is 0. The summed E-state index contributed by atoms with van der Waals surface area (Å²) in [6.07, 6.45) is 0.669. The third kappa shape index (κ3) is 1.62. The minimum atomic E-state index is 0.277. The summed E-state index contributed by atoms with van der Waals surface area (Å²) >= 11 is 15.5. The SMILES string of the molecule is CCc1c(C#N)oc2c(Cl)cc(Br)c(Cl)c12. The molecule has 5 heteroatoms. The van der Waals surface area contributed by atoms with E-state index in [9.17, 15) is 0 Å². The molecule has 2 nitrogen and oxygen atoms in total. The number of hydrogen-bond acceptors (Lipinski definition) is 2. The first-order valence-electron chi connectivity index (χ1n) is 4.59. The zero-order valence-corrected chi connectivity index (χ0v) is 11.4. The normalized spacial score (nSPS) is 10.7. The highest BCUT2D eigenvalue weighted by Gasteiger charge is 2.19. The maximum Gasteiger partial charge on any atom is 0.208 e. The largest absolute Gasteiger partial charge is 0.444 e. The maximum absolute atomic E-state index is 8.96. The van der Waals surface area contributed by atoms with Crippen molar-refractivity contribution in [1.29, 1.82) is 5.26 Å². The summed E-state index contributed by atoms with van der Waals surface area (Å²) in [5.41, 5.74) is 1.27. The lowest BCUT2D eigenvalue weighted by molar-refractivity contribution is 0.594. The van der Waals surface area contributed by atoms with Crippen molar-refractivity contribution in [1.82, 2.24) is 0 Å². The summed E-state index contributed by atoms with van der Waals surface area (Å²) in [6, 6.07) is 3.67. The second-order valence-corrected chi connectivity index (χ2v) is 4.87. The van der Waals surface area contributed by atoms with Crippen molar-refractivity contribution in [3.8, 4) is 6.07 Å². The van der Waals surface area contributed by atoms with Crippen LogP contribution in [0.4, 0.5) is 0 Å². The third-order valence-corrected chi connectivity index (χ3v) is 3.89. The fourth-order valence-corrected chi connectivity index (χ4v) is 2.71. The van der Waals surface area contributed by atoms with Crippen LogP contribution in [0, 0.1) is 11.3 Å². The lowest BCUT2D eigenvalue weighted by Crippen LogP contribution is -1.82. The molecule has 0 saturated carbocycles. The zero-order valence-electron chi connectivity index (χ0n) is 8.27. The van der Waals surface area contributed by atoms with Crippen LogP contribution in [-0.4, -0.2) is 0 Å². The number of benzene rings is 1. The Hall–Kier alpha value is -0.690. The monoisotopic (exact) mass is 317 g/mol. The number of aryl methyl sites for hydroxylation is 1. The molecule has 0 aliphatic carbocycles. The highest BCUT2D eigenvalue weighted by molar-refractivity contribution is 9.10. The number of fused-ring (bicyclic) bond motifs is 1. The minimum Gasteiger partial charge on any atom is -0.444 e. The van der Waals surface area contributed by atoms with Crippen LogP contribution in [-0.2, 0) is 6.42 Å². The van der Waals surface area contributed by atoms with Gasteiger partial charge in [0.2, 0.25) is 5.76 Å². The molecule has 2 rings (SSSR count). The lowest BCUT2D eigenvalue weighted by Gasteiger charge is -2.00. The molecule has 0 N–H and O–H groups in total. The van der Waals surface area contributed by atoms with E-state index in [1.807, 2.05) is 13.0 Å². The van der Waals surface area contributed by atoms with Crippen molar-refractivity contribution in [2.24, 2.45) is 0 Å². The summed E-state index contributed by atoms with van der Waals surface area (Å²) in [4.78, 5) is 0. The second-order valence-electron chi connectivity index (χ2n) is 3.23. The van der Waals surface area contributed by atoms with Gasteiger partial charge in [0.25, 0.3) is 0 Å². The molecule has 0 aliphatic rings. The van der Waals surface area contributed by atoms with Crippen molar-refractivity contribution >= 4 is 50.1 Å². The number of rotatable bonds is 1. The van der Waals surface area contributed by atoms with E-state index in [0.29, 0.717) is 26.5 Å². The molecule has 0 aliphatic heterocycles. The van der Waals surface area contributed by atoms with Crippen LogP contribution in [0.3, 0.4) is 0 Å². The van der Waals surface area contributed by atoms with Crippen LogP contribution in [0.2, 0.25) is 10.0 Å². The van der Waals surface area contributed by atoms with E-state index in [1.54, 1.807) is 6.07 Å². The summed E-state index contributed by atoms with van der Waals surface area (Å²) in [7, 11) is 0. The Kier molecular flexibility index (Phi) is 3.16. The van der Waals surface area contributed by atoms with Gasteiger partial charge in [-0.25, -0.2) is 0 Å². The molecule has 0 bridgehead atoms. The van der Waals surface area contributed by atoms with Crippen LogP contribution in [0.5, 0.6) is 0 Å².